The molecule has 1 N–H and O–H groups in total. The highest BCUT2D eigenvalue weighted by Gasteiger charge is 2.45. The molecule has 2 aliphatic rings. The van der Waals surface area contributed by atoms with Gasteiger partial charge in [0.05, 0.1) is 13.0 Å². The third kappa shape index (κ3) is 5.18. The minimum atomic E-state index is -0.779. The van der Waals surface area contributed by atoms with Gasteiger partial charge in [-0.1, -0.05) is 13.8 Å². The summed E-state index contributed by atoms with van der Waals surface area (Å²) in [4.78, 5) is 24.1. The fourth-order valence-electron chi connectivity index (χ4n) is 2.95. The smallest absolute Gasteiger partial charge is 0.307 e. The minimum Gasteiger partial charge on any atom is -0.462 e. The molecule has 0 spiro atoms. The molecule has 1 aliphatic carbocycles. The van der Waals surface area contributed by atoms with Crippen LogP contribution >= 0.6 is 0 Å². The fourth-order valence-corrected chi connectivity index (χ4v) is 2.95. The summed E-state index contributed by atoms with van der Waals surface area (Å²) in [7, 11) is 0. The largest absolute Gasteiger partial charge is 0.462 e. The topological polar surface area (TPSA) is 73.9 Å². The standard InChI is InChI=1S/C17H29NO5/c1-16(2)11-21-17(3,4)23-14(16)15(20)18-10-9-13(19)22-12-7-5-6-8-12/h12,14H,5-11H2,1-4H3,(H,18,20). The van der Waals surface area contributed by atoms with Crippen LogP contribution in [0.5, 0.6) is 0 Å². The lowest BCUT2D eigenvalue weighted by atomic mass is 9.85. The van der Waals surface area contributed by atoms with Gasteiger partial charge in [-0.05, 0) is 39.5 Å². The molecule has 1 unspecified atom stereocenters. The van der Waals surface area contributed by atoms with Crippen molar-refractivity contribution < 1.29 is 23.8 Å². The van der Waals surface area contributed by atoms with E-state index in [1.807, 2.05) is 13.8 Å². The molecule has 2 rings (SSSR count). The summed E-state index contributed by atoms with van der Waals surface area (Å²) in [6, 6.07) is 0. The van der Waals surface area contributed by atoms with Crippen LogP contribution in [-0.2, 0) is 23.8 Å². The number of hydrogen-bond donors (Lipinski definition) is 1. The van der Waals surface area contributed by atoms with Crippen LogP contribution < -0.4 is 5.32 Å². The van der Waals surface area contributed by atoms with Gasteiger partial charge in [0.25, 0.3) is 0 Å². The molecule has 6 heteroatoms. The van der Waals surface area contributed by atoms with Gasteiger partial charge < -0.3 is 19.5 Å². The zero-order chi connectivity index (χ0) is 17.1. The molecule has 1 saturated carbocycles. The van der Waals surface area contributed by atoms with E-state index in [0.29, 0.717) is 6.61 Å². The molecule has 1 heterocycles. The maximum atomic E-state index is 12.4. The van der Waals surface area contributed by atoms with E-state index in [-0.39, 0.29) is 30.9 Å². The van der Waals surface area contributed by atoms with E-state index in [1.165, 1.54) is 0 Å². The van der Waals surface area contributed by atoms with Crippen LogP contribution in [0.4, 0.5) is 0 Å². The summed E-state index contributed by atoms with van der Waals surface area (Å²) in [6.45, 7) is 8.16. The molecular weight excluding hydrogens is 298 g/mol. The van der Waals surface area contributed by atoms with Crippen molar-refractivity contribution in [3.8, 4) is 0 Å². The molecule has 23 heavy (non-hydrogen) atoms. The average Bonchev–Trinajstić information content (AvgIpc) is 2.94. The Labute approximate surface area is 138 Å². The van der Waals surface area contributed by atoms with Crippen molar-refractivity contribution in [3.63, 3.8) is 0 Å². The first-order chi connectivity index (χ1) is 10.7. The van der Waals surface area contributed by atoms with Crippen LogP contribution in [0, 0.1) is 5.41 Å². The Morgan fingerprint density at radius 3 is 2.48 bits per heavy atom. The molecule has 1 amide bonds. The number of hydrogen-bond acceptors (Lipinski definition) is 5. The average molecular weight is 327 g/mol. The fraction of sp³-hybridized carbons (Fsp3) is 0.882. The van der Waals surface area contributed by atoms with Gasteiger partial charge in [-0.2, -0.15) is 0 Å². The Morgan fingerprint density at radius 2 is 1.83 bits per heavy atom. The van der Waals surface area contributed by atoms with E-state index in [0.717, 1.165) is 25.7 Å². The second kappa shape index (κ2) is 7.18. The number of esters is 1. The maximum absolute atomic E-state index is 12.4. The summed E-state index contributed by atoms with van der Waals surface area (Å²) in [5, 5.41) is 2.78. The van der Waals surface area contributed by atoms with Crippen molar-refractivity contribution in [2.75, 3.05) is 13.2 Å². The van der Waals surface area contributed by atoms with Gasteiger partial charge in [-0.15, -0.1) is 0 Å². The Kier molecular flexibility index (Phi) is 5.68. The number of rotatable bonds is 5. The Balaban J connectivity index is 1.75. The third-order valence-corrected chi connectivity index (χ3v) is 4.37. The van der Waals surface area contributed by atoms with Crippen LogP contribution in [0.15, 0.2) is 0 Å². The van der Waals surface area contributed by atoms with Gasteiger partial charge in [0.2, 0.25) is 5.91 Å². The number of carbonyl (C=O) groups is 2. The Bertz CT molecular complexity index is 440. The molecule has 0 radical (unpaired) electrons. The van der Waals surface area contributed by atoms with Gasteiger partial charge in [0.1, 0.15) is 12.2 Å². The van der Waals surface area contributed by atoms with Crippen molar-refractivity contribution in [2.24, 2.45) is 5.41 Å². The number of ether oxygens (including phenoxy) is 3. The van der Waals surface area contributed by atoms with E-state index in [1.54, 1.807) is 13.8 Å². The predicted octanol–water partition coefficient (Wildman–Crippen LogP) is 2.16. The molecule has 1 saturated heterocycles. The predicted molar refractivity (Wildman–Crippen MR) is 84.7 cm³/mol. The second-order valence-corrected chi connectivity index (χ2v) is 7.61. The molecular formula is C17H29NO5. The lowest BCUT2D eigenvalue weighted by molar-refractivity contribution is -0.304. The van der Waals surface area contributed by atoms with E-state index in [4.69, 9.17) is 14.2 Å². The van der Waals surface area contributed by atoms with Crippen molar-refractivity contribution >= 4 is 11.9 Å². The molecule has 132 valence electrons. The highest BCUT2D eigenvalue weighted by Crippen LogP contribution is 2.34. The first-order valence-electron chi connectivity index (χ1n) is 8.49. The molecule has 2 fully saturated rings. The minimum absolute atomic E-state index is 0.0664. The third-order valence-electron chi connectivity index (χ3n) is 4.37. The SMILES string of the molecule is CC1(C)OCC(C)(C)C(C(=O)NCCC(=O)OC2CCCC2)O1. The lowest BCUT2D eigenvalue weighted by Crippen LogP contribution is -2.56. The molecule has 0 aromatic rings. The summed E-state index contributed by atoms with van der Waals surface area (Å²) < 4.78 is 16.7. The highest BCUT2D eigenvalue weighted by molar-refractivity contribution is 5.82. The molecule has 0 bridgehead atoms. The first kappa shape index (κ1) is 18.2. The molecule has 6 nitrogen and oxygen atoms in total. The zero-order valence-electron chi connectivity index (χ0n) is 14.6. The van der Waals surface area contributed by atoms with Gasteiger partial charge in [-0.25, -0.2) is 0 Å². The summed E-state index contributed by atoms with van der Waals surface area (Å²) in [6.07, 6.45) is 3.82. The van der Waals surface area contributed by atoms with E-state index < -0.39 is 17.3 Å². The number of amides is 1. The van der Waals surface area contributed by atoms with Crippen LogP contribution in [0.2, 0.25) is 0 Å². The molecule has 0 aromatic carbocycles. The summed E-state index contributed by atoms with van der Waals surface area (Å²) >= 11 is 0. The maximum Gasteiger partial charge on any atom is 0.307 e. The van der Waals surface area contributed by atoms with Gasteiger partial charge in [-0.3, -0.25) is 9.59 Å². The van der Waals surface area contributed by atoms with E-state index in [9.17, 15) is 9.59 Å². The molecule has 1 aliphatic heterocycles. The van der Waals surface area contributed by atoms with Crippen molar-refractivity contribution in [3.05, 3.63) is 0 Å². The zero-order valence-corrected chi connectivity index (χ0v) is 14.6. The highest BCUT2D eigenvalue weighted by atomic mass is 16.7. The van der Waals surface area contributed by atoms with E-state index >= 15 is 0 Å². The molecule has 1 atom stereocenters. The molecule has 0 aromatic heterocycles. The first-order valence-corrected chi connectivity index (χ1v) is 8.49. The summed E-state index contributed by atoms with van der Waals surface area (Å²) in [5.74, 6) is -1.23. The van der Waals surface area contributed by atoms with Crippen molar-refractivity contribution in [2.45, 2.75) is 77.8 Å². The van der Waals surface area contributed by atoms with Gasteiger partial charge >= 0.3 is 5.97 Å². The second-order valence-electron chi connectivity index (χ2n) is 7.61. The normalized spacial score (nSPS) is 26.7. The number of nitrogens with one attached hydrogen (secondary N) is 1. The quantitative estimate of drug-likeness (QED) is 0.783. The Morgan fingerprint density at radius 1 is 1.17 bits per heavy atom. The Hall–Kier alpha value is -1.14. The van der Waals surface area contributed by atoms with Crippen LogP contribution in [-0.4, -0.2) is 43.0 Å². The van der Waals surface area contributed by atoms with Crippen molar-refractivity contribution in [1.29, 1.82) is 0 Å². The van der Waals surface area contributed by atoms with Gasteiger partial charge in [0.15, 0.2) is 5.79 Å². The van der Waals surface area contributed by atoms with Crippen molar-refractivity contribution in [1.82, 2.24) is 5.32 Å². The van der Waals surface area contributed by atoms with E-state index in [2.05, 4.69) is 5.32 Å². The summed E-state index contributed by atoms with van der Waals surface area (Å²) in [5.41, 5.74) is -0.413. The lowest BCUT2D eigenvalue weighted by Gasteiger charge is -2.44. The number of carbonyl (C=O) groups excluding carboxylic acids is 2. The van der Waals surface area contributed by atoms with Crippen LogP contribution in [0.25, 0.3) is 0 Å². The van der Waals surface area contributed by atoms with Crippen LogP contribution in [0.3, 0.4) is 0 Å². The van der Waals surface area contributed by atoms with Gasteiger partial charge in [0, 0.05) is 12.0 Å². The van der Waals surface area contributed by atoms with Crippen LogP contribution in [0.1, 0.15) is 59.8 Å². The monoisotopic (exact) mass is 327 g/mol.